The number of methoxy groups -OCH3 is 2. The Bertz CT molecular complexity index is 778. The molecule has 0 spiro atoms. The van der Waals surface area contributed by atoms with E-state index in [1.54, 1.807) is 50.6 Å². The normalized spacial score (nSPS) is 10.6. The van der Waals surface area contributed by atoms with E-state index in [9.17, 15) is 4.79 Å². The van der Waals surface area contributed by atoms with E-state index in [4.69, 9.17) is 25.9 Å². The van der Waals surface area contributed by atoms with Gasteiger partial charge in [-0.25, -0.2) is 0 Å². The quantitative estimate of drug-likeness (QED) is 0.603. The van der Waals surface area contributed by atoms with Gasteiger partial charge in [-0.1, -0.05) is 16.8 Å². The maximum absolute atomic E-state index is 11.9. The second kappa shape index (κ2) is 8.94. The third kappa shape index (κ3) is 5.39. The summed E-state index contributed by atoms with van der Waals surface area (Å²) in [4.78, 5) is 16.9. The number of hydrogen-bond donors (Lipinski definition) is 1. The van der Waals surface area contributed by atoms with E-state index in [0.717, 1.165) is 11.1 Å². The van der Waals surface area contributed by atoms with Crippen molar-refractivity contribution in [1.82, 2.24) is 0 Å². The first-order chi connectivity index (χ1) is 12.0. The SMILES string of the molecule is COc1ccc(/C=N/OCC(=O)Nc2ccc(Cl)cc2C)cc1OC. The average molecular weight is 363 g/mol. The molecule has 0 bridgehead atoms. The highest BCUT2D eigenvalue weighted by molar-refractivity contribution is 6.30. The molecule has 0 saturated carbocycles. The molecule has 1 amide bonds. The fraction of sp³-hybridized carbons (Fsp3) is 0.222. The number of benzene rings is 2. The number of hydrogen-bond acceptors (Lipinski definition) is 5. The highest BCUT2D eigenvalue weighted by Gasteiger charge is 2.06. The molecule has 1 N–H and O–H groups in total. The van der Waals surface area contributed by atoms with Crippen LogP contribution in [0.1, 0.15) is 11.1 Å². The third-order valence-corrected chi connectivity index (χ3v) is 3.58. The Balaban J connectivity index is 1.87. The summed E-state index contributed by atoms with van der Waals surface area (Å²) < 4.78 is 10.4. The second-order valence-electron chi connectivity index (χ2n) is 5.13. The monoisotopic (exact) mass is 362 g/mol. The first-order valence-corrected chi connectivity index (χ1v) is 7.84. The average Bonchev–Trinajstić information content (AvgIpc) is 2.61. The predicted octanol–water partition coefficient (Wildman–Crippen LogP) is 3.65. The van der Waals surface area contributed by atoms with Gasteiger partial charge in [-0.05, 0) is 48.9 Å². The summed E-state index contributed by atoms with van der Waals surface area (Å²) in [6.45, 7) is 1.66. The Morgan fingerprint density at radius 2 is 1.92 bits per heavy atom. The second-order valence-corrected chi connectivity index (χ2v) is 5.57. The van der Waals surface area contributed by atoms with Crippen molar-refractivity contribution in [2.24, 2.45) is 5.16 Å². The largest absolute Gasteiger partial charge is 0.493 e. The van der Waals surface area contributed by atoms with Crippen molar-refractivity contribution in [3.8, 4) is 11.5 Å². The van der Waals surface area contributed by atoms with E-state index >= 15 is 0 Å². The number of carbonyl (C=O) groups excluding carboxylic acids is 1. The van der Waals surface area contributed by atoms with Crippen LogP contribution < -0.4 is 14.8 Å². The first kappa shape index (κ1) is 18.6. The maximum atomic E-state index is 11.9. The summed E-state index contributed by atoms with van der Waals surface area (Å²) in [5, 5.41) is 7.14. The van der Waals surface area contributed by atoms with Crippen LogP contribution in [0.5, 0.6) is 11.5 Å². The number of halogens is 1. The van der Waals surface area contributed by atoms with Gasteiger partial charge in [-0.3, -0.25) is 4.79 Å². The Hall–Kier alpha value is -2.73. The van der Waals surface area contributed by atoms with E-state index in [2.05, 4.69) is 10.5 Å². The molecule has 0 saturated heterocycles. The summed E-state index contributed by atoms with van der Waals surface area (Å²) in [5.41, 5.74) is 2.31. The van der Waals surface area contributed by atoms with Gasteiger partial charge in [0.1, 0.15) is 0 Å². The highest BCUT2D eigenvalue weighted by atomic mass is 35.5. The van der Waals surface area contributed by atoms with Gasteiger partial charge >= 0.3 is 0 Å². The smallest absolute Gasteiger partial charge is 0.265 e. The fourth-order valence-corrected chi connectivity index (χ4v) is 2.31. The van der Waals surface area contributed by atoms with Crippen molar-refractivity contribution < 1.29 is 19.1 Å². The van der Waals surface area contributed by atoms with E-state index in [1.807, 2.05) is 6.92 Å². The third-order valence-electron chi connectivity index (χ3n) is 3.34. The van der Waals surface area contributed by atoms with Crippen molar-refractivity contribution in [3.05, 3.63) is 52.5 Å². The Morgan fingerprint density at radius 1 is 1.16 bits per heavy atom. The zero-order valence-corrected chi connectivity index (χ0v) is 15.0. The van der Waals surface area contributed by atoms with Crippen molar-refractivity contribution >= 4 is 29.4 Å². The number of oxime groups is 1. The molecular weight excluding hydrogens is 344 g/mol. The first-order valence-electron chi connectivity index (χ1n) is 7.47. The molecule has 6 nitrogen and oxygen atoms in total. The molecule has 0 aliphatic carbocycles. The lowest BCUT2D eigenvalue weighted by molar-refractivity contribution is -0.120. The molecule has 0 aliphatic heterocycles. The lowest BCUT2D eigenvalue weighted by Crippen LogP contribution is -2.17. The lowest BCUT2D eigenvalue weighted by atomic mass is 10.2. The van der Waals surface area contributed by atoms with Gasteiger partial charge < -0.3 is 19.6 Å². The van der Waals surface area contributed by atoms with Crippen LogP contribution in [-0.2, 0) is 9.63 Å². The van der Waals surface area contributed by atoms with Crippen LogP contribution in [0.3, 0.4) is 0 Å². The van der Waals surface area contributed by atoms with Gasteiger partial charge in [0.2, 0.25) is 0 Å². The molecule has 0 heterocycles. The molecule has 0 aliphatic rings. The van der Waals surface area contributed by atoms with Crippen LogP contribution in [0.4, 0.5) is 5.69 Å². The van der Waals surface area contributed by atoms with Crippen LogP contribution in [-0.4, -0.2) is 32.9 Å². The van der Waals surface area contributed by atoms with Gasteiger partial charge in [0.25, 0.3) is 5.91 Å². The number of nitrogens with zero attached hydrogens (tertiary/aromatic N) is 1. The molecular formula is C18H19ClN2O4. The standard InChI is InChI=1S/C18H19ClN2O4/c1-12-8-14(19)5-6-15(12)21-18(22)11-25-20-10-13-4-7-16(23-2)17(9-13)24-3/h4-10H,11H2,1-3H3,(H,21,22)/b20-10+. The number of carbonyl (C=O) groups is 1. The fourth-order valence-electron chi connectivity index (χ4n) is 2.08. The van der Waals surface area contributed by atoms with Crippen molar-refractivity contribution in [2.75, 3.05) is 26.1 Å². The number of ether oxygens (including phenoxy) is 2. The van der Waals surface area contributed by atoms with E-state index < -0.39 is 0 Å². The summed E-state index contributed by atoms with van der Waals surface area (Å²) >= 11 is 5.88. The van der Waals surface area contributed by atoms with Crippen molar-refractivity contribution in [1.29, 1.82) is 0 Å². The van der Waals surface area contributed by atoms with Crippen LogP contribution in [0.2, 0.25) is 5.02 Å². The topological polar surface area (TPSA) is 69.2 Å². The summed E-state index contributed by atoms with van der Waals surface area (Å²) in [5.74, 6) is 0.899. The van der Waals surface area contributed by atoms with E-state index in [1.165, 1.54) is 6.21 Å². The van der Waals surface area contributed by atoms with Crippen molar-refractivity contribution in [3.63, 3.8) is 0 Å². The number of amides is 1. The molecule has 2 aromatic carbocycles. The van der Waals surface area contributed by atoms with Crippen LogP contribution in [0.25, 0.3) is 0 Å². The molecule has 0 aromatic heterocycles. The van der Waals surface area contributed by atoms with Crippen LogP contribution >= 0.6 is 11.6 Å². The zero-order chi connectivity index (χ0) is 18.2. The molecule has 132 valence electrons. The minimum absolute atomic E-state index is 0.203. The summed E-state index contributed by atoms with van der Waals surface area (Å²) in [6.07, 6.45) is 1.49. The molecule has 0 radical (unpaired) electrons. The Morgan fingerprint density at radius 3 is 2.60 bits per heavy atom. The minimum Gasteiger partial charge on any atom is -0.493 e. The predicted molar refractivity (Wildman–Crippen MR) is 97.9 cm³/mol. The number of nitrogens with one attached hydrogen (secondary N) is 1. The lowest BCUT2D eigenvalue weighted by Gasteiger charge is -2.08. The highest BCUT2D eigenvalue weighted by Crippen LogP contribution is 2.26. The molecule has 7 heteroatoms. The number of rotatable bonds is 7. The molecule has 25 heavy (non-hydrogen) atoms. The van der Waals surface area contributed by atoms with Gasteiger partial charge in [0, 0.05) is 16.3 Å². The summed E-state index contributed by atoms with van der Waals surface area (Å²) in [7, 11) is 3.12. The number of anilines is 1. The van der Waals surface area contributed by atoms with Gasteiger partial charge in [-0.2, -0.15) is 0 Å². The maximum Gasteiger partial charge on any atom is 0.265 e. The van der Waals surface area contributed by atoms with Gasteiger partial charge in [-0.15, -0.1) is 0 Å². The van der Waals surface area contributed by atoms with Crippen LogP contribution in [0.15, 0.2) is 41.6 Å². The van der Waals surface area contributed by atoms with Crippen LogP contribution in [0, 0.1) is 6.92 Å². The zero-order valence-electron chi connectivity index (χ0n) is 14.2. The van der Waals surface area contributed by atoms with Gasteiger partial charge in [0.15, 0.2) is 18.1 Å². The Labute approximate surface area is 151 Å². The molecule has 2 aromatic rings. The molecule has 0 fully saturated rings. The van der Waals surface area contributed by atoms with E-state index in [-0.39, 0.29) is 12.5 Å². The minimum atomic E-state index is -0.310. The Kier molecular flexibility index (Phi) is 6.65. The van der Waals surface area contributed by atoms with E-state index in [0.29, 0.717) is 22.2 Å². The molecule has 0 atom stereocenters. The van der Waals surface area contributed by atoms with Crippen molar-refractivity contribution in [2.45, 2.75) is 6.92 Å². The van der Waals surface area contributed by atoms with Gasteiger partial charge in [0.05, 0.1) is 20.4 Å². The molecule has 0 unspecified atom stereocenters. The molecule has 2 rings (SSSR count). The number of aryl methyl sites for hydroxylation is 1. The summed E-state index contributed by atoms with van der Waals surface area (Å²) in [6, 6.07) is 10.5.